The van der Waals surface area contributed by atoms with E-state index in [1.807, 2.05) is 0 Å². The molecule has 1 fully saturated rings. The van der Waals surface area contributed by atoms with E-state index in [9.17, 15) is 0 Å². The topological polar surface area (TPSA) is 26.0 Å². The highest BCUT2D eigenvalue weighted by Gasteiger charge is 2.34. The molecule has 1 saturated carbocycles. The van der Waals surface area contributed by atoms with Crippen molar-refractivity contribution < 1.29 is 0 Å². The molecule has 3 rings (SSSR count). The van der Waals surface area contributed by atoms with E-state index >= 15 is 0 Å². The lowest BCUT2D eigenvalue weighted by Gasteiger charge is -2.40. The number of fused-ring (bicyclic) bond motifs is 1. The molecule has 1 aromatic rings. The zero-order valence-corrected chi connectivity index (χ0v) is 13.0. The molecule has 0 bridgehead atoms. The van der Waals surface area contributed by atoms with Crippen molar-refractivity contribution in [3.63, 3.8) is 0 Å². The zero-order valence-electron chi connectivity index (χ0n) is 13.0. The van der Waals surface area contributed by atoms with Crippen LogP contribution in [0, 0.1) is 17.8 Å². The summed E-state index contributed by atoms with van der Waals surface area (Å²) in [5.41, 5.74) is 9.87. The summed E-state index contributed by atoms with van der Waals surface area (Å²) in [6.45, 7) is 4.81. The van der Waals surface area contributed by atoms with E-state index in [1.54, 1.807) is 11.1 Å². The van der Waals surface area contributed by atoms with E-state index < -0.39 is 0 Å². The van der Waals surface area contributed by atoms with Crippen molar-refractivity contribution in [3.8, 4) is 0 Å². The molecule has 20 heavy (non-hydrogen) atoms. The van der Waals surface area contributed by atoms with E-state index in [-0.39, 0.29) is 0 Å². The van der Waals surface area contributed by atoms with Crippen LogP contribution >= 0.6 is 0 Å². The molecule has 2 aliphatic rings. The lowest BCUT2D eigenvalue weighted by molar-refractivity contribution is 0.176. The summed E-state index contributed by atoms with van der Waals surface area (Å²) >= 11 is 0. The number of aryl methyl sites for hydroxylation is 1. The second-order valence-electron chi connectivity index (χ2n) is 7.45. The van der Waals surface area contributed by atoms with Gasteiger partial charge in [-0.1, -0.05) is 38.1 Å². The molecule has 1 aromatic carbocycles. The third-order valence-electron chi connectivity index (χ3n) is 5.64. The fourth-order valence-electron chi connectivity index (χ4n) is 4.84. The first-order chi connectivity index (χ1) is 9.65. The van der Waals surface area contributed by atoms with Gasteiger partial charge in [-0.2, -0.15) is 0 Å². The van der Waals surface area contributed by atoms with Crippen LogP contribution in [-0.4, -0.2) is 6.04 Å². The second-order valence-corrected chi connectivity index (χ2v) is 7.45. The second kappa shape index (κ2) is 5.89. The monoisotopic (exact) mass is 271 g/mol. The first-order valence-corrected chi connectivity index (χ1v) is 8.48. The number of rotatable bonds is 2. The fraction of sp³-hybridized carbons (Fsp3) is 0.684. The fourth-order valence-corrected chi connectivity index (χ4v) is 4.84. The van der Waals surface area contributed by atoms with Crippen molar-refractivity contribution in [3.05, 3.63) is 35.4 Å². The maximum atomic E-state index is 6.76. The summed E-state index contributed by atoms with van der Waals surface area (Å²) in [6, 6.07) is 9.37. The van der Waals surface area contributed by atoms with Crippen molar-refractivity contribution in [1.29, 1.82) is 0 Å². The minimum absolute atomic E-state index is 0.363. The van der Waals surface area contributed by atoms with Gasteiger partial charge in [-0.3, -0.25) is 0 Å². The van der Waals surface area contributed by atoms with Crippen molar-refractivity contribution in [1.82, 2.24) is 0 Å². The van der Waals surface area contributed by atoms with Gasteiger partial charge in [-0.15, -0.1) is 0 Å². The normalized spacial score (nSPS) is 35.4. The molecule has 1 nitrogen and oxygen atoms in total. The Labute approximate surface area is 124 Å². The molecule has 4 atom stereocenters. The highest BCUT2D eigenvalue weighted by molar-refractivity contribution is 5.33. The largest absolute Gasteiger partial charge is 0.327 e. The van der Waals surface area contributed by atoms with Crippen LogP contribution in [0.3, 0.4) is 0 Å². The lowest BCUT2D eigenvalue weighted by atomic mass is 9.68. The summed E-state index contributed by atoms with van der Waals surface area (Å²) in [5, 5.41) is 0. The van der Waals surface area contributed by atoms with Crippen LogP contribution < -0.4 is 5.73 Å². The van der Waals surface area contributed by atoms with Crippen LogP contribution in [0.4, 0.5) is 0 Å². The highest BCUT2D eigenvalue weighted by atomic mass is 14.7. The average Bonchev–Trinajstić information content (AvgIpc) is 2.45. The predicted molar refractivity (Wildman–Crippen MR) is 85.8 cm³/mol. The van der Waals surface area contributed by atoms with E-state index in [4.69, 9.17) is 5.73 Å². The maximum absolute atomic E-state index is 6.76. The number of hydrogen-bond donors (Lipinski definition) is 1. The Hall–Kier alpha value is -0.820. The third-order valence-corrected chi connectivity index (χ3v) is 5.64. The molecule has 0 radical (unpaired) electrons. The Kier molecular flexibility index (Phi) is 4.16. The number of benzene rings is 1. The predicted octanol–water partition coefficient (Wildman–Crippen LogP) is 4.51. The van der Waals surface area contributed by atoms with Gasteiger partial charge in [0.1, 0.15) is 0 Å². The van der Waals surface area contributed by atoms with Crippen LogP contribution in [-0.2, 0) is 6.42 Å². The van der Waals surface area contributed by atoms with Gasteiger partial charge in [-0.25, -0.2) is 0 Å². The smallest absolute Gasteiger partial charge is 0.0137 e. The van der Waals surface area contributed by atoms with Crippen molar-refractivity contribution in [2.24, 2.45) is 23.5 Å². The van der Waals surface area contributed by atoms with Crippen LogP contribution in [0.15, 0.2) is 24.3 Å². The van der Waals surface area contributed by atoms with Crippen LogP contribution in [0.2, 0.25) is 0 Å². The van der Waals surface area contributed by atoms with E-state index in [2.05, 4.69) is 38.1 Å². The van der Waals surface area contributed by atoms with Crippen LogP contribution in [0.1, 0.15) is 63.0 Å². The molecule has 0 aromatic heterocycles. The molecule has 110 valence electrons. The molecule has 0 aliphatic heterocycles. The molecule has 2 N–H and O–H groups in total. The molecule has 0 saturated heterocycles. The first-order valence-electron chi connectivity index (χ1n) is 8.48. The molecule has 0 amide bonds. The lowest BCUT2D eigenvalue weighted by Crippen LogP contribution is -2.41. The Morgan fingerprint density at radius 3 is 2.50 bits per heavy atom. The Balaban J connectivity index is 1.79. The highest BCUT2D eigenvalue weighted by Crippen LogP contribution is 2.41. The first kappa shape index (κ1) is 14.1. The van der Waals surface area contributed by atoms with Gasteiger partial charge < -0.3 is 5.73 Å². The van der Waals surface area contributed by atoms with Gasteiger partial charge in [-0.05, 0) is 73.3 Å². The summed E-state index contributed by atoms with van der Waals surface area (Å²) < 4.78 is 0. The Morgan fingerprint density at radius 2 is 1.75 bits per heavy atom. The van der Waals surface area contributed by atoms with Crippen molar-refractivity contribution >= 4 is 0 Å². The molecule has 0 spiro atoms. The van der Waals surface area contributed by atoms with E-state index in [0.717, 1.165) is 17.8 Å². The number of hydrogen-bond acceptors (Lipinski definition) is 1. The van der Waals surface area contributed by atoms with E-state index in [0.29, 0.717) is 12.0 Å². The SMILES string of the molecule is CC1CC(C)CC(C(N)C2CCCc3ccccc32)C1. The Morgan fingerprint density at radius 1 is 1.05 bits per heavy atom. The minimum Gasteiger partial charge on any atom is -0.327 e. The van der Waals surface area contributed by atoms with Gasteiger partial charge in [0.2, 0.25) is 0 Å². The maximum Gasteiger partial charge on any atom is 0.0137 e. The quantitative estimate of drug-likeness (QED) is 0.841. The summed E-state index contributed by atoms with van der Waals surface area (Å²) in [5.74, 6) is 3.04. The van der Waals surface area contributed by atoms with Gasteiger partial charge in [0.15, 0.2) is 0 Å². The molecule has 2 aliphatic carbocycles. The third kappa shape index (κ3) is 2.79. The molecule has 0 heterocycles. The van der Waals surface area contributed by atoms with Gasteiger partial charge in [0.25, 0.3) is 0 Å². The van der Waals surface area contributed by atoms with Crippen molar-refractivity contribution in [2.45, 2.75) is 64.3 Å². The van der Waals surface area contributed by atoms with Gasteiger partial charge in [0.05, 0.1) is 0 Å². The van der Waals surface area contributed by atoms with Gasteiger partial charge in [0, 0.05) is 6.04 Å². The standard InChI is InChI=1S/C19H29N/c1-13-10-14(2)12-16(11-13)19(20)18-9-5-7-15-6-3-4-8-17(15)18/h3-4,6,8,13-14,16,18-19H,5,7,9-12,20H2,1-2H3. The van der Waals surface area contributed by atoms with Crippen LogP contribution in [0.25, 0.3) is 0 Å². The van der Waals surface area contributed by atoms with Crippen LogP contribution in [0.5, 0.6) is 0 Å². The van der Waals surface area contributed by atoms with Crippen molar-refractivity contribution in [2.75, 3.05) is 0 Å². The van der Waals surface area contributed by atoms with Gasteiger partial charge >= 0.3 is 0 Å². The summed E-state index contributed by atoms with van der Waals surface area (Å²) in [6.07, 6.45) is 7.92. The minimum atomic E-state index is 0.363. The number of nitrogens with two attached hydrogens (primary N) is 1. The molecular weight excluding hydrogens is 242 g/mol. The van der Waals surface area contributed by atoms with E-state index in [1.165, 1.54) is 38.5 Å². The average molecular weight is 271 g/mol. The summed E-state index contributed by atoms with van der Waals surface area (Å²) in [7, 11) is 0. The molecule has 4 unspecified atom stereocenters. The Bertz CT molecular complexity index is 443. The molecular formula is C19H29N. The summed E-state index contributed by atoms with van der Waals surface area (Å²) in [4.78, 5) is 0. The zero-order chi connectivity index (χ0) is 14.1. The molecule has 1 heteroatoms.